The minimum Gasteiger partial charge on any atom is -0.494 e. The molecule has 4 rings (SSSR count). The lowest BCUT2D eigenvalue weighted by Crippen LogP contribution is -2.27. The molecular weight excluding hydrogens is 542 g/mol. The van der Waals surface area contributed by atoms with Crippen LogP contribution in [0.1, 0.15) is 48.5 Å². The van der Waals surface area contributed by atoms with Crippen molar-refractivity contribution in [2.24, 2.45) is 0 Å². The number of methoxy groups -OCH3 is 1. The van der Waals surface area contributed by atoms with Crippen molar-refractivity contribution in [1.29, 1.82) is 5.41 Å². The van der Waals surface area contributed by atoms with Gasteiger partial charge in [-0.2, -0.15) is 4.39 Å². The number of hydrogen-bond donors (Lipinski definition) is 3. The van der Waals surface area contributed by atoms with Crippen molar-refractivity contribution in [3.63, 3.8) is 0 Å². The first-order valence-corrected chi connectivity index (χ1v) is 13.5. The number of halogens is 2. The van der Waals surface area contributed by atoms with Gasteiger partial charge in [0.2, 0.25) is 11.7 Å². The normalized spacial score (nSPS) is 10.9. The van der Waals surface area contributed by atoms with E-state index in [9.17, 15) is 18.4 Å². The summed E-state index contributed by atoms with van der Waals surface area (Å²) in [7, 11) is 1.27. The number of aryl methyl sites for hydroxylation is 1. The van der Waals surface area contributed by atoms with E-state index in [-0.39, 0.29) is 41.6 Å². The Bertz CT molecular complexity index is 1650. The lowest BCUT2D eigenvalue weighted by Gasteiger charge is -2.13. The fourth-order valence-corrected chi connectivity index (χ4v) is 4.55. The fraction of sp³-hybridized carbons (Fsp3) is 0.258. The minimum absolute atomic E-state index is 0.0184. The van der Waals surface area contributed by atoms with Gasteiger partial charge in [0.05, 0.1) is 25.4 Å². The van der Waals surface area contributed by atoms with Gasteiger partial charge < -0.3 is 20.8 Å². The molecule has 0 bridgehead atoms. The molecule has 0 aliphatic carbocycles. The second-order valence-electron chi connectivity index (χ2n) is 9.57. The summed E-state index contributed by atoms with van der Waals surface area (Å²) in [6.07, 6.45) is 8.16. The SMILES string of the molecule is C=CCCCNC(=O)CC(=N)CC(=O)c1ccc(Nc2nccn3c(-c4ccc(OC)c(F)c4F)cnc23)cc1CC. The zero-order valence-corrected chi connectivity index (χ0v) is 23.5. The fourth-order valence-electron chi connectivity index (χ4n) is 4.55. The van der Waals surface area contributed by atoms with E-state index < -0.39 is 11.6 Å². The summed E-state index contributed by atoms with van der Waals surface area (Å²) in [5.41, 5.74) is 2.66. The van der Waals surface area contributed by atoms with Crippen LogP contribution in [-0.2, 0) is 11.2 Å². The highest BCUT2D eigenvalue weighted by Gasteiger charge is 2.20. The zero-order chi connectivity index (χ0) is 30.2. The van der Waals surface area contributed by atoms with Crippen LogP contribution >= 0.6 is 0 Å². The van der Waals surface area contributed by atoms with Crippen LogP contribution in [0.25, 0.3) is 16.9 Å². The second-order valence-corrected chi connectivity index (χ2v) is 9.57. The number of hydrogen-bond acceptors (Lipinski definition) is 7. The molecule has 2 aromatic carbocycles. The Hall–Kier alpha value is -4.93. The number of Topliss-reactive ketones (excluding diaryl/α,β-unsaturated/α-hetero) is 1. The van der Waals surface area contributed by atoms with Gasteiger partial charge in [0.1, 0.15) is 0 Å². The Morgan fingerprint density at radius 2 is 1.95 bits per heavy atom. The Labute approximate surface area is 242 Å². The quantitative estimate of drug-likeness (QED) is 0.0729. The van der Waals surface area contributed by atoms with Crippen LogP contribution < -0.4 is 15.4 Å². The highest BCUT2D eigenvalue weighted by atomic mass is 19.2. The predicted molar refractivity (Wildman–Crippen MR) is 158 cm³/mol. The Balaban J connectivity index is 1.49. The molecule has 0 aliphatic rings. The van der Waals surface area contributed by atoms with Crippen LogP contribution in [0.2, 0.25) is 0 Å². The number of ketones is 1. The minimum atomic E-state index is -1.09. The van der Waals surface area contributed by atoms with E-state index >= 15 is 0 Å². The number of aromatic nitrogens is 3. The van der Waals surface area contributed by atoms with Crippen molar-refractivity contribution in [2.75, 3.05) is 19.0 Å². The molecule has 0 saturated heterocycles. The van der Waals surface area contributed by atoms with Gasteiger partial charge >= 0.3 is 0 Å². The molecular formula is C31H32F2N6O3. The molecule has 0 radical (unpaired) electrons. The van der Waals surface area contributed by atoms with Crippen LogP contribution in [-0.4, -0.2) is 45.4 Å². The summed E-state index contributed by atoms with van der Waals surface area (Å²) in [6.45, 7) is 6.06. The van der Waals surface area contributed by atoms with Gasteiger partial charge in [-0.1, -0.05) is 13.0 Å². The number of carbonyl (C=O) groups excluding carboxylic acids is 2. The molecule has 2 aromatic heterocycles. The molecule has 0 saturated carbocycles. The molecule has 11 heteroatoms. The number of benzene rings is 2. The van der Waals surface area contributed by atoms with Gasteiger partial charge in [-0.25, -0.2) is 14.4 Å². The van der Waals surface area contributed by atoms with Crippen molar-refractivity contribution in [3.8, 4) is 17.0 Å². The third kappa shape index (κ3) is 6.68. The summed E-state index contributed by atoms with van der Waals surface area (Å²) in [6, 6.07) is 7.99. The van der Waals surface area contributed by atoms with E-state index in [1.807, 2.05) is 13.0 Å². The summed E-state index contributed by atoms with van der Waals surface area (Å²) in [5, 5.41) is 14.1. The van der Waals surface area contributed by atoms with Gasteiger partial charge in [-0.05, 0) is 55.2 Å². The Morgan fingerprint density at radius 1 is 1.14 bits per heavy atom. The van der Waals surface area contributed by atoms with Gasteiger partial charge in [0, 0.05) is 47.9 Å². The van der Waals surface area contributed by atoms with Crippen LogP contribution in [0.3, 0.4) is 0 Å². The highest BCUT2D eigenvalue weighted by molar-refractivity contribution is 6.13. The van der Waals surface area contributed by atoms with Crippen molar-refractivity contribution >= 4 is 34.6 Å². The third-order valence-electron chi connectivity index (χ3n) is 6.68. The number of rotatable bonds is 14. The van der Waals surface area contributed by atoms with Crippen molar-refractivity contribution in [2.45, 2.75) is 39.0 Å². The average Bonchev–Trinajstić information content (AvgIpc) is 3.41. The van der Waals surface area contributed by atoms with Crippen LogP contribution in [0.15, 0.2) is 61.6 Å². The lowest BCUT2D eigenvalue weighted by atomic mass is 9.97. The van der Waals surface area contributed by atoms with E-state index in [1.54, 1.807) is 28.8 Å². The molecule has 0 spiro atoms. The van der Waals surface area contributed by atoms with E-state index in [2.05, 4.69) is 27.2 Å². The van der Waals surface area contributed by atoms with Gasteiger partial charge in [0.25, 0.3) is 0 Å². The molecule has 1 amide bonds. The number of ether oxygens (including phenoxy) is 1. The van der Waals surface area contributed by atoms with Crippen LogP contribution in [0, 0.1) is 17.0 Å². The first kappa shape index (κ1) is 30.0. The van der Waals surface area contributed by atoms with Crippen molar-refractivity contribution in [3.05, 3.63) is 84.3 Å². The number of imidazole rings is 1. The van der Waals surface area contributed by atoms with Crippen molar-refractivity contribution < 1.29 is 23.1 Å². The zero-order valence-electron chi connectivity index (χ0n) is 23.5. The first-order valence-electron chi connectivity index (χ1n) is 13.5. The van der Waals surface area contributed by atoms with E-state index in [1.165, 1.54) is 31.6 Å². The Morgan fingerprint density at radius 3 is 2.69 bits per heavy atom. The molecule has 42 heavy (non-hydrogen) atoms. The molecule has 2 heterocycles. The predicted octanol–water partition coefficient (Wildman–Crippen LogP) is 6.05. The largest absolute Gasteiger partial charge is 0.494 e. The summed E-state index contributed by atoms with van der Waals surface area (Å²) in [4.78, 5) is 33.8. The molecule has 0 atom stereocenters. The molecule has 4 aromatic rings. The van der Waals surface area contributed by atoms with Gasteiger partial charge in [-0.3, -0.25) is 14.0 Å². The summed E-state index contributed by atoms with van der Waals surface area (Å²) in [5.74, 6) is -2.48. The monoisotopic (exact) mass is 574 g/mol. The molecule has 9 nitrogen and oxygen atoms in total. The number of nitrogens with zero attached hydrogens (tertiary/aromatic N) is 3. The summed E-state index contributed by atoms with van der Waals surface area (Å²) >= 11 is 0. The third-order valence-corrected chi connectivity index (χ3v) is 6.68. The second kappa shape index (κ2) is 13.6. The highest BCUT2D eigenvalue weighted by Crippen LogP contribution is 2.31. The number of unbranched alkanes of at least 4 members (excludes halogenated alkanes) is 1. The number of fused-ring (bicyclic) bond motifs is 1. The molecule has 0 fully saturated rings. The van der Waals surface area contributed by atoms with Gasteiger partial charge in [-0.15, -0.1) is 6.58 Å². The number of amides is 1. The maximum absolute atomic E-state index is 14.8. The Kier molecular flexibility index (Phi) is 9.74. The van der Waals surface area contributed by atoms with Crippen LogP contribution in [0.5, 0.6) is 5.75 Å². The standard InChI is InChI=1S/C31H32F2N6O3/c1-4-6-7-12-35-27(41)17-20(34)16-25(40)22-9-8-21(15-19(22)5-2)38-30-31-37-18-24(39(31)14-13-36-30)23-10-11-26(42-3)29(33)28(23)32/h4,8-11,13-15,18,34H,1,5-7,12,16-17H2,2-3H3,(H,35,41)(H,36,38). The topological polar surface area (TPSA) is 121 Å². The number of anilines is 2. The van der Waals surface area contributed by atoms with Gasteiger partial charge in [0.15, 0.2) is 28.8 Å². The average molecular weight is 575 g/mol. The van der Waals surface area contributed by atoms with E-state index in [0.29, 0.717) is 41.4 Å². The first-order chi connectivity index (χ1) is 20.3. The molecule has 0 unspecified atom stereocenters. The molecule has 0 aliphatic heterocycles. The van der Waals surface area contributed by atoms with E-state index in [0.717, 1.165) is 18.4 Å². The maximum atomic E-state index is 14.8. The maximum Gasteiger partial charge on any atom is 0.225 e. The number of nitrogens with one attached hydrogen (secondary N) is 3. The summed E-state index contributed by atoms with van der Waals surface area (Å²) < 4.78 is 35.6. The number of allylic oxidation sites excluding steroid dienone is 1. The van der Waals surface area contributed by atoms with Crippen molar-refractivity contribution in [1.82, 2.24) is 19.7 Å². The van der Waals surface area contributed by atoms with Crippen LogP contribution in [0.4, 0.5) is 20.3 Å². The smallest absolute Gasteiger partial charge is 0.225 e. The van der Waals surface area contributed by atoms with E-state index in [4.69, 9.17) is 10.1 Å². The number of carbonyl (C=O) groups is 2. The lowest BCUT2D eigenvalue weighted by molar-refractivity contribution is -0.119. The molecule has 218 valence electrons. The molecule has 3 N–H and O–H groups in total.